The van der Waals surface area contributed by atoms with Gasteiger partial charge in [0, 0.05) is 18.7 Å². The Morgan fingerprint density at radius 1 is 0.854 bits per heavy atom. The van der Waals surface area contributed by atoms with Crippen molar-refractivity contribution in [3.05, 3.63) is 76.9 Å². The van der Waals surface area contributed by atoms with Gasteiger partial charge in [0.05, 0.1) is 40.6 Å². The molecule has 0 bridgehead atoms. The quantitative estimate of drug-likeness (QED) is 0.230. The van der Waals surface area contributed by atoms with Crippen LogP contribution in [0.2, 0.25) is 0 Å². The first-order valence-corrected chi connectivity index (χ1v) is 13.6. The Balaban J connectivity index is 0.00000462. The number of carbonyl (C=O) groups excluding carboxylic acids is 1. The van der Waals surface area contributed by atoms with E-state index in [1.54, 1.807) is 47.5 Å². The highest BCUT2D eigenvalue weighted by Gasteiger charge is 2.34. The van der Waals surface area contributed by atoms with Gasteiger partial charge >= 0.3 is 5.97 Å². The van der Waals surface area contributed by atoms with Crippen molar-refractivity contribution < 1.29 is 33.2 Å². The molecule has 0 saturated carbocycles. The molecule has 0 spiro atoms. The number of methoxy groups -OCH3 is 4. The number of carbonyl (C=O) groups is 1. The molecule has 222 valence electrons. The van der Waals surface area contributed by atoms with Gasteiger partial charge in [-0.05, 0) is 85.3 Å². The summed E-state index contributed by atoms with van der Waals surface area (Å²) in [6, 6.07) is 17.2. The lowest BCUT2D eigenvalue weighted by atomic mass is 9.87. The highest BCUT2D eigenvalue weighted by atomic mass is 35.5. The number of benzene rings is 3. The van der Waals surface area contributed by atoms with Gasteiger partial charge in [0.15, 0.2) is 17.7 Å². The predicted octanol–water partition coefficient (Wildman–Crippen LogP) is 6.28. The molecule has 41 heavy (non-hydrogen) atoms. The topological polar surface area (TPSA) is 75.7 Å². The summed E-state index contributed by atoms with van der Waals surface area (Å²) in [6.45, 7) is 5.04. The van der Waals surface area contributed by atoms with Crippen LogP contribution < -0.4 is 23.7 Å². The average molecular weight is 586 g/mol. The van der Waals surface area contributed by atoms with E-state index in [-0.39, 0.29) is 30.6 Å². The predicted molar refractivity (Wildman–Crippen MR) is 160 cm³/mol. The van der Waals surface area contributed by atoms with E-state index in [1.807, 2.05) is 24.3 Å². The third-order valence-electron chi connectivity index (χ3n) is 7.31. The SMILES string of the molecule is CCOC(=O)c1ccc(OC(CC)N2CCc3cc(OC)c(OC)cc3C2Cc2ccc(OC)cc2OC)cc1.Cl. The molecule has 1 heterocycles. The van der Waals surface area contributed by atoms with E-state index in [9.17, 15) is 4.79 Å². The monoisotopic (exact) mass is 585 g/mol. The third kappa shape index (κ3) is 7.18. The van der Waals surface area contributed by atoms with E-state index < -0.39 is 0 Å². The van der Waals surface area contributed by atoms with Crippen LogP contribution >= 0.6 is 12.4 Å². The van der Waals surface area contributed by atoms with Gasteiger partial charge in [-0.15, -0.1) is 12.4 Å². The lowest BCUT2D eigenvalue weighted by Gasteiger charge is -2.42. The number of hydrogen-bond donors (Lipinski definition) is 0. The van der Waals surface area contributed by atoms with Crippen LogP contribution in [0, 0.1) is 0 Å². The number of hydrogen-bond acceptors (Lipinski definition) is 8. The Labute approximate surface area is 248 Å². The second-order valence-corrected chi connectivity index (χ2v) is 9.52. The van der Waals surface area contributed by atoms with Gasteiger partial charge in [-0.25, -0.2) is 4.79 Å². The maximum atomic E-state index is 12.1. The molecule has 0 N–H and O–H groups in total. The minimum absolute atomic E-state index is 0. The van der Waals surface area contributed by atoms with Crippen molar-refractivity contribution in [3.63, 3.8) is 0 Å². The summed E-state index contributed by atoms with van der Waals surface area (Å²) in [5, 5.41) is 0. The van der Waals surface area contributed by atoms with Crippen molar-refractivity contribution >= 4 is 18.4 Å². The van der Waals surface area contributed by atoms with Gasteiger partial charge in [0.2, 0.25) is 0 Å². The lowest BCUT2D eigenvalue weighted by Crippen LogP contribution is -2.46. The highest BCUT2D eigenvalue weighted by Crippen LogP contribution is 2.42. The molecule has 0 aliphatic carbocycles. The summed E-state index contributed by atoms with van der Waals surface area (Å²) in [5.74, 6) is 3.29. The summed E-state index contributed by atoms with van der Waals surface area (Å²) in [6.07, 6.45) is 2.09. The van der Waals surface area contributed by atoms with Gasteiger partial charge in [0.25, 0.3) is 0 Å². The van der Waals surface area contributed by atoms with Crippen LogP contribution in [-0.2, 0) is 17.6 Å². The van der Waals surface area contributed by atoms with Crippen LogP contribution in [0.15, 0.2) is 54.6 Å². The number of fused-ring (bicyclic) bond motifs is 1. The Hall–Kier alpha value is -3.62. The number of esters is 1. The minimum atomic E-state index is -0.341. The Morgan fingerprint density at radius 2 is 1.51 bits per heavy atom. The Morgan fingerprint density at radius 3 is 2.12 bits per heavy atom. The fourth-order valence-electron chi connectivity index (χ4n) is 5.27. The van der Waals surface area contributed by atoms with Crippen LogP contribution in [0.4, 0.5) is 0 Å². The zero-order valence-corrected chi connectivity index (χ0v) is 25.4. The van der Waals surface area contributed by atoms with E-state index in [2.05, 4.69) is 30.0 Å². The molecule has 2 atom stereocenters. The maximum absolute atomic E-state index is 12.1. The smallest absolute Gasteiger partial charge is 0.338 e. The molecule has 1 aliphatic heterocycles. The van der Waals surface area contributed by atoms with Gasteiger partial charge in [0.1, 0.15) is 17.2 Å². The molecule has 1 aliphatic rings. The van der Waals surface area contributed by atoms with Crippen molar-refractivity contribution in [1.29, 1.82) is 0 Å². The fraction of sp³-hybridized carbons (Fsp3) is 0.406. The zero-order valence-electron chi connectivity index (χ0n) is 24.6. The molecule has 0 saturated heterocycles. The number of halogens is 1. The van der Waals surface area contributed by atoms with Crippen LogP contribution in [0.5, 0.6) is 28.7 Å². The van der Waals surface area contributed by atoms with E-state index >= 15 is 0 Å². The molecular weight excluding hydrogens is 546 g/mol. The molecule has 8 nitrogen and oxygen atoms in total. The third-order valence-corrected chi connectivity index (χ3v) is 7.31. The van der Waals surface area contributed by atoms with Crippen molar-refractivity contribution in [2.45, 2.75) is 45.4 Å². The largest absolute Gasteiger partial charge is 0.497 e. The van der Waals surface area contributed by atoms with Crippen molar-refractivity contribution in [3.8, 4) is 28.7 Å². The first-order valence-electron chi connectivity index (χ1n) is 13.6. The molecule has 0 fully saturated rings. The van der Waals surface area contributed by atoms with E-state index in [1.165, 1.54) is 11.1 Å². The second kappa shape index (κ2) is 14.8. The van der Waals surface area contributed by atoms with Crippen molar-refractivity contribution in [2.75, 3.05) is 41.6 Å². The summed E-state index contributed by atoms with van der Waals surface area (Å²) in [4.78, 5) is 14.5. The second-order valence-electron chi connectivity index (χ2n) is 9.52. The minimum Gasteiger partial charge on any atom is -0.497 e. The molecule has 0 radical (unpaired) electrons. The summed E-state index contributed by atoms with van der Waals surface area (Å²) in [5.41, 5.74) is 3.95. The molecule has 4 rings (SSSR count). The van der Waals surface area contributed by atoms with Crippen LogP contribution in [0.3, 0.4) is 0 Å². The maximum Gasteiger partial charge on any atom is 0.338 e. The molecule has 3 aromatic carbocycles. The molecule has 3 aromatic rings. The van der Waals surface area contributed by atoms with Crippen LogP contribution in [0.1, 0.15) is 53.4 Å². The van der Waals surface area contributed by atoms with E-state index in [0.717, 1.165) is 42.2 Å². The van der Waals surface area contributed by atoms with E-state index in [4.69, 9.17) is 28.4 Å². The molecule has 0 amide bonds. The highest BCUT2D eigenvalue weighted by molar-refractivity contribution is 5.89. The van der Waals surface area contributed by atoms with Crippen molar-refractivity contribution in [1.82, 2.24) is 4.90 Å². The number of ether oxygens (including phenoxy) is 6. The standard InChI is InChI=1S/C32H39NO7.ClH/c1-7-31(40-24-12-9-21(10-13-24)32(34)39-8-2)33-16-15-22-18-29(37-5)30(38-6)20-26(22)27(33)17-23-11-14-25(35-3)19-28(23)36-4;/h9-14,18-20,27,31H,7-8,15-17H2,1-6H3;1H. The zero-order chi connectivity index (χ0) is 28.6. The molecular formula is C32H40ClNO7. The summed E-state index contributed by atoms with van der Waals surface area (Å²) < 4.78 is 34.1. The van der Waals surface area contributed by atoms with Crippen LogP contribution in [0.25, 0.3) is 0 Å². The lowest BCUT2D eigenvalue weighted by molar-refractivity contribution is -0.0144. The average Bonchev–Trinajstić information content (AvgIpc) is 2.99. The Bertz CT molecular complexity index is 1300. The first-order chi connectivity index (χ1) is 19.5. The normalized spacial score (nSPS) is 15.1. The summed E-state index contributed by atoms with van der Waals surface area (Å²) in [7, 11) is 6.64. The van der Waals surface area contributed by atoms with E-state index in [0.29, 0.717) is 30.1 Å². The summed E-state index contributed by atoms with van der Waals surface area (Å²) >= 11 is 0. The first kappa shape index (κ1) is 31.9. The van der Waals surface area contributed by atoms with Gasteiger partial charge in [-0.2, -0.15) is 0 Å². The Kier molecular flexibility index (Phi) is 11.6. The van der Waals surface area contributed by atoms with Gasteiger partial charge in [-0.1, -0.05) is 13.0 Å². The molecule has 2 unspecified atom stereocenters. The van der Waals surface area contributed by atoms with Gasteiger partial charge in [-0.3, -0.25) is 4.90 Å². The number of rotatable bonds is 12. The van der Waals surface area contributed by atoms with Crippen molar-refractivity contribution in [2.24, 2.45) is 0 Å². The van der Waals surface area contributed by atoms with Crippen LogP contribution in [-0.4, -0.2) is 58.7 Å². The molecule has 0 aromatic heterocycles. The fourth-order valence-corrected chi connectivity index (χ4v) is 5.27. The van der Waals surface area contributed by atoms with Gasteiger partial charge < -0.3 is 28.4 Å². The molecule has 9 heteroatoms. The number of nitrogens with zero attached hydrogens (tertiary/aromatic N) is 1.